The summed E-state index contributed by atoms with van der Waals surface area (Å²) >= 11 is 0. The monoisotopic (exact) mass is 287 g/mol. The SMILES string of the molecule is CC1CCCC2(CC(=O)N(OCc3ccccc3)C2=O)C1. The maximum Gasteiger partial charge on any atom is 0.260 e. The average Bonchev–Trinajstić information content (AvgIpc) is 2.69. The second kappa shape index (κ2) is 5.60. The van der Waals surface area contributed by atoms with Crippen LogP contribution in [0.5, 0.6) is 0 Å². The van der Waals surface area contributed by atoms with Crippen molar-refractivity contribution in [1.29, 1.82) is 0 Å². The highest BCUT2D eigenvalue weighted by molar-refractivity contribution is 6.04. The lowest BCUT2D eigenvalue weighted by Crippen LogP contribution is -2.38. The number of rotatable bonds is 3. The summed E-state index contributed by atoms with van der Waals surface area (Å²) in [7, 11) is 0. The molecule has 0 N–H and O–H groups in total. The summed E-state index contributed by atoms with van der Waals surface area (Å²) in [6.45, 7) is 2.41. The standard InChI is InChI=1S/C17H21NO3/c1-13-6-5-9-17(10-13)11-15(19)18(16(17)20)21-12-14-7-3-2-4-8-14/h2-4,7-8,13H,5-6,9-12H2,1H3. The summed E-state index contributed by atoms with van der Waals surface area (Å²) in [6, 6.07) is 9.59. The van der Waals surface area contributed by atoms with Crippen molar-refractivity contribution in [3.63, 3.8) is 0 Å². The van der Waals surface area contributed by atoms with Crippen molar-refractivity contribution in [1.82, 2.24) is 5.06 Å². The minimum Gasteiger partial charge on any atom is -0.272 e. The van der Waals surface area contributed by atoms with Gasteiger partial charge in [-0.15, -0.1) is 0 Å². The Bertz CT molecular complexity index is 542. The van der Waals surface area contributed by atoms with Crippen LogP contribution >= 0.6 is 0 Å². The second-order valence-electron chi connectivity index (χ2n) is 6.41. The molecule has 1 heterocycles. The number of carbonyl (C=O) groups is 2. The van der Waals surface area contributed by atoms with Gasteiger partial charge in [0.1, 0.15) is 6.61 Å². The van der Waals surface area contributed by atoms with Gasteiger partial charge in [0.2, 0.25) is 0 Å². The van der Waals surface area contributed by atoms with Crippen LogP contribution in [0.25, 0.3) is 0 Å². The third-order valence-electron chi connectivity index (χ3n) is 4.65. The molecule has 2 fully saturated rings. The molecule has 21 heavy (non-hydrogen) atoms. The number of benzene rings is 1. The lowest BCUT2D eigenvalue weighted by Gasteiger charge is -2.33. The Morgan fingerprint density at radius 2 is 2.05 bits per heavy atom. The van der Waals surface area contributed by atoms with Crippen LogP contribution in [0.2, 0.25) is 0 Å². The third kappa shape index (κ3) is 2.72. The van der Waals surface area contributed by atoms with Crippen molar-refractivity contribution < 1.29 is 14.4 Å². The highest BCUT2D eigenvalue weighted by Gasteiger charge is 2.53. The molecule has 4 nitrogen and oxygen atoms in total. The Kier molecular flexibility index (Phi) is 3.81. The zero-order valence-corrected chi connectivity index (χ0v) is 12.4. The van der Waals surface area contributed by atoms with Gasteiger partial charge in [-0.3, -0.25) is 14.4 Å². The molecule has 2 amide bonds. The Hall–Kier alpha value is -1.68. The fourth-order valence-corrected chi connectivity index (χ4v) is 3.62. The fourth-order valence-electron chi connectivity index (χ4n) is 3.62. The van der Waals surface area contributed by atoms with E-state index in [0.717, 1.165) is 36.3 Å². The maximum atomic E-state index is 12.6. The van der Waals surface area contributed by atoms with Crippen LogP contribution in [0.3, 0.4) is 0 Å². The molecule has 0 aromatic heterocycles. The lowest BCUT2D eigenvalue weighted by molar-refractivity contribution is -0.194. The molecular formula is C17H21NO3. The molecule has 2 atom stereocenters. The molecule has 2 aliphatic rings. The predicted molar refractivity (Wildman–Crippen MR) is 77.8 cm³/mol. The summed E-state index contributed by atoms with van der Waals surface area (Å²) in [6.07, 6.45) is 4.10. The first-order valence-electron chi connectivity index (χ1n) is 7.65. The summed E-state index contributed by atoms with van der Waals surface area (Å²) in [5.74, 6) is 0.185. The van der Waals surface area contributed by atoms with Crippen molar-refractivity contribution in [2.24, 2.45) is 11.3 Å². The van der Waals surface area contributed by atoms with Gasteiger partial charge in [0, 0.05) is 6.42 Å². The van der Waals surface area contributed by atoms with E-state index in [2.05, 4.69) is 6.92 Å². The zero-order valence-electron chi connectivity index (χ0n) is 12.4. The van der Waals surface area contributed by atoms with Crippen molar-refractivity contribution >= 4 is 11.8 Å². The van der Waals surface area contributed by atoms with E-state index in [0.29, 0.717) is 12.3 Å². The Morgan fingerprint density at radius 3 is 2.76 bits per heavy atom. The minimum absolute atomic E-state index is 0.130. The van der Waals surface area contributed by atoms with Crippen LogP contribution in [0.15, 0.2) is 30.3 Å². The van der Waals surface area contributed by atoms with Crippen molar-refractivity contribution in [2.45, 2.75) is 45.6 Å². The molecule has 1 saturated carbocycles. The Labute approximate surface area is 125 Å². The largest absolute Gasteiger partial charge is 0.272 e. The van der Waals surface area contributed by atoms with Gasteiger partial charge < -0.3 is 0 Å². The lowest BCUT2D eigenvalue weighted by atomic mass is 9.69. The molecule has 4 heteroatoms. The van der Waals surface area contributed by atoms with Crippen LogP contribution in [-0.4, -0.2) is 16.9 Å². The Balaban J connectivity index is 1.69. The Morgan fingerprint density at radius 1 is 1.29 bits per heavy atom. The van der Waals surface area contributed by atoms with E-state index in [-0.39, 0.29) is 18.4 Å². The minimum atomic E-state index is -0.495. The van der Waals surface area contributed by atoms with Crippen molar-refractivity contribution in [2.75, 3.05) is 0 Å². The normalized spacial score (nSPS) is 29.4. The fraction of sp³-hybridized carbons (Fsp3) is 0.529. The van der Waals surface area contributed by atoms with E-state index in [1.165, 1.54) is 0 Å². The number of nitrogens with zero attached hydrogens (tertiary/aromatic N) is 1. The number of hydrogen-bond donors (Lipinski definition) is 0. The van der Waals surface area contributed by atoms with E-state index < -0.39 is 5.41 Å². The molecular weight excluding hydrogens is 266 g/mol. The van der Waals surface area contributed by atoms with E-state index in [9.17, 15) is 9.59 Å². The molecule has 1 saturated heterocycles. The highest BCUT2D eigenvalue weighted by atomic mass is 16.7. The number of hydroxylamine groups is 2. The van der Waals surface area contributed by atoms with Crippen molar-refractivity contribution in [3.8, 4) is 0 Å². The molecule has 1 aliphatic heterocycles. The van der Waals surface area contributed by atoms with E-state index in [4.69, 9.17) is 4.84 Å². The summed E-state index contributed by atoms with van der Waals surface area (Å²) in [5, 5.41) is 1.02. The van der Waals surface area contributed by atoms with E-state index >= 15 is 0 Å². The molecule has 0 bridgehead atoms. The quantitative estimate of drug-likeness (QED) is 0.803. The van der Waals surface area contributed by atoms with Crippen LogP contribution in [0, 0.1) is 11.3 Å². The highest BCUT2D eigenvalue weighted by Crippen LogP contribution is 2.47. The van der Waals surface area contributed by atoms with Crippen LogP contribution < -0.4 is 0 Å². The second-order valence-corrected chi connectivity index (χ2v) is 6.41. The number of carbonyl (C=O) groups excluding carboxylic acids is 2. The van der Waals surface area contributed by atoms with Crippen LogP contribution in [-0.2, 0) is 21.0 Å². The molecule has 2 unspecified atom stereocenters. The number of hydrogen-bond acceptors (Lipinski definition) is 3. The molecule has 112 valence electrons. The van der Waals surface area contributed by atoms with Gasteiger partial charge in [-0.05, 0) is 24.3 Å². The van der Waals surface area contributed by atoms with Gasteiger partial charge >= 0.3 is 0 Å². The van der Waals surface area contributed by atoms with E-state index in [1.54, 1.807) is 0 Å². The molecule has 1 aromatic rings. The van der Waals surface area contributed by atoms with Gasteiger partial charge in [-0.25, -0.2) is 0 Å². The molecule has 1 spiro atoms. The summed E-state index contributed by atoms with van der Waals surface area (Å²) in [4.78, 5) is 30.3. The molecule has 1 aliphatic carbocycles. The van der Waals surface area contributed by atoms with E-state index in [1.807, 2.05) is 30.3 Å². The number of imide groups is 1. The maximum absolute atomic E-state index is 12.6. The first kappa shape index (κ1) is 14.3. The van der Waals surface area contributed by atoms with Crippen LogP contribution in [0.4, 0.5) is 0 Å². The predicted octanol–water partition coefficient (Wildman–Crippen LogP) is 3.07. The first-order chi connectivity index (χ1) is 10.1. The van der Waals surface area contributed by atoms with Crippen molar-refractivity contribution in [3.05, 3.63) is 35.9 Å². The third-order valence-corrected chi connectivity index (χ3v) is 4.65. The number of amides is 2. The van der Waals surface area contributed by atoms with Gasteiger partial charge in [0.05, 0.1) is 5.41 Å². The van der Waals surface area contributed by atoms with Gasteiger partial charge in [-0.2, -0.15) is 5.06 Å². The molecule has 0 radical (unpaired) electrons. The first-order valence-corrected chi connectivity index (χ1v) is 7.65. The summed E-state index contributed by atoms with van der Waals surface area (Å²) in [5.41, 5.74) is 0.460. The average molecular weight is 287 g/mol. The topological polar surface area (TPSA) is 46.6 Å². The summed E-state index contributed by atoms with van der Waals surface area (Å²) < 4.78 is 0. The smallest absolute Gasteiger partial charge is 0.260 e. The molecule has 3 rings (SSSR count). The van der Waals surface area contributed by atoms with Gasteiger partial charge in [-0.1, -0.05) is 50.1 Å². The zero-order chi connectivity index (χ0) is 14.9. The molecule has 1 aromatic carbocycles. The van der Waals surface area contributed by atoms with Gasteiger partial charge in [0.25, 0.3) is 11.8 Å². The van der Waals surface area contributed by atoms with Gasteiger partial charge in [0.15, 0.2) is 0 Å². The van der Waals surface area contributed by atoms with Crippen LogP contribution in [0.1, 0.15) is 44.6 Å².